The van der Waals surface area contributed by atoms with Crippen LogP contribution in [0, 0.1) is 10.1 Å². The summed E-state index contributed by atoms with van der Waals surface area (Å²) < 4.78 is 0. The molecule has 9 nitrogen and oxygen atoms in total. The van der Waals surface area contributed by atoms with E-state index in [9.17, 15) is 14.9 Å². The van der Waals surface area contributed by atoms with Gasteiger partial charge in [0.15, 0.2) is 0 Å². The van der Waals surface area contributed by atoms with Crippen LogP contribution >= 0.6 is 11.6 Å². The van der Waals surface area contributed by atoms with Crippen molar-refractivity contribution in [1.82, 2.24) is 19.9 Å². The van der Waals surface area contributed by atoms with Crippen molar-refractivity contribution in [2.75, 3.05) is 18.0 Å². The van der Waals surface area contributed by atoms with E-state index in [1.165, 1.54) is 6.07 Å². The number of hydrogen-bond donors (Lipinski definition) is 1. The maximum absolute atomic E-state index is 12.0. The number of H-pyrrole nitrogens is 1. The summed E-state index contributed by atoms with van der Waals surface area (Å²) in [5.74, 6) is 0.290. The van der Waals surface area contributed by atoms with Gasteiger partial charge in [-0.3, -0.25) is 14.9 Å². The Bertz CT molecular complexity index is 1140. The highest BCUT2D eigenvalue weighted by Crippen LogP contribution is 2.34. The second kappa shape index (κ2) is 7.56. The predicted molar refractivity (Wildman–Crippen MR) is 117 cm³/mol. The monoisotopic (exact) mass is 430 g/mol. The molecular formula is C20H23ClN6O3. The average Bonchev–Trinajstić information content (AvgIpc) is 3.09. The molecule has 1 N–H and O–H groups in total. The lowest BCUT2D eigenvalue weighted by Gasteiger charge is -2.44. The van der Waals surface area contributed by atoms with Crippen molar-refractivity contribution in [3.8, 4) is 11.3 Å². The molecule has 2 atom stereocenters. The fourth-order valence-electron chi connectivity index (χ4n) is 4.27. The molecular weight excluding hydrogens is 408 g/mol. The number of nitrogens with one attached hydrogen (secondary N) is 1. The minimum Gasteiger partial charge on any atom is -0.347 e. The third-order valence-corrected chi connectivity index (χ3v) is 5.61. The third-order valence-electron chi connectivity index (χ3n) is 5.41. The van der Waals surface area contributed by atoms with Gasteiger partial charge in [-0.25, -0.2) is 9.97 Å². The Morgan fingerprint density at radius 1 is 1.33 bits per heavy atom. The summed E-state index contributed by atoms with van der Waals surface area (Å²) in [6, 6.07) is 4.71. The molecule has 4 heterocycles. The van der Waals surface area contributed by atoms with E-state index in [2.05, 4.69) is 15.0 Å². The average molecular weight is 431 g/mol. The summed E-state index contributed by atoms with van der Waals surface area (Å²) in [5, 5.41) is 13.0. The molecule has 0 unspecified atom stereocenters. The number of halogens is 1. The second-order valence-electron chi connectivity index (χ2n) is 7.58. The fraction of sp³-hybridized carbons (Fsp3) is 0.350. The standard InChI is InChI=1S/C20H21ClN6O3.H2/c1-11-9-25(10-12(2)26(11)13(3)28)20-18(27(29)30)5-4-17(24-20)16-8-23-19-15(16)6-14(21)7-22-19;/h4-8,11-12H,9-10H2,1-3H3,(H,22,23);1H/t11-,12+;. The first-order chi connectivity index (χ1) is 14.3. The number of aromatic amines is 1. The second-order valence-corrected chi connectivity index (χ2v) is 8.01. The number of carbonyl (C=O) groups is 1. The number of amides is 1. The van der Waals surface area contributed by atoms with Gasteiger partial charge >= 0.3 is 5.69 Å². The lowest BCUT2D eigenvalue weighted by Crippen LogP contribution is -2.58. The first-order valence-electron chi connectivity index (χ1n) is 9.58. The van der Waals surface area contributed by atoms with Crippen LogP contribution in [0.25, 0.3) is 22.3 Å². The highest BCUT2D eigenvalue weighted by molar-refractivity contribution is 6.31. The molecule has 10 heteroatoms. The van der Waals surface area contributed by atoms with Crippen LogP contribution < -0.4 is 4.90 Å². The Hall–Kier alpha value is -3.20. The molecule has 1 fully saturated rings. The minimum absolute atomic E-state index is 0. The van der Waals surface area contributed by atoms with Gasteiger partial charge in [0, 0.05) is 62.9 Å². The van der Waals surface area contributed by atoms with Crippen molar-refractivity contribution in [2.24, 2.45) is 0 Å². The zero-order valence-electron chi connectivity index (χ0n) is 16.8. The first kappa shape index (κ1) is 20.1. The molecule has 1 amide bonds. The maximum atomic E-state index is 12.0. The van der Waals surface area contributed by atoms with Crippen LogP contribution in [-0.4, -0.2) is 55.9 Å². The van der Waals surface area contributed by atoms with E-state index in [0.717, 1.165) is 10.9 Å². The summed E-state index contributed by atoms with van der Waals surface area (Å²) in [6.07, 6.45) is 3.32. The lowest BCUT2D eigenvalue weighted by atomic mass is 10.1. The number of carbonyl (C=O) groups excluding carboxylic acids is 1. The van der Waals surface area contributed by atoms with Gasteiger partial charge in [0.05, 0.1) is 15.6 Å². The zero-order valence-corrected chi connectivity index (χ0v) is 17.6. The Labute approximate surface area is 179 Å². The molecule has 0 bridgehead atoms. The van der Waals surface area contributed by atoms with E-state index in [0.29, 0.717) is 35.3 Å². The van der Waals surface area contributed by atoms with Crippen LogP contribution in [0.4, 0.5) is 11.5 Å². The van der Waals surface area contributed by atoms with E-state index in [4.69, 9.17) is 11.6 Å². The largest absolute Gasteiger partial charge is 0.347 e. The number of nitrogens with zero attached hydrogens (tertiary/aromatic N) is 5. The zero-order chi connectivity index (χ0) is 21.6. The molecule has 0 radical (unpaired) electrons. The summed E-state index contributed by atoms with van der Waals surface area (Å²) in [5.41, 5.74) is 1.94. The molecule has 0 saturated carbocycles. The number of aromatic nitrogens is 3. The van der Waals surface area contributed by atoms with Crippen LogP contribution in [0.1, 0.15) is 22.2 Å². The van der Waals surface area contributed by atoms with E-state index >= 15 is 0 Å². The van der Waals surface area contributed by atoms with Crippen LogP contribution in [0.2, 0.25) is 5.02 Å². The number of pyridine rings is 2. The lowest BCUT2D eigenvalue weighted by molar-refractivity contribution is -0.384. The maximum Gasteiger partial charge on any atom is 0.311 e. The summed E-state index contributed by atoms with van der Waals surface area (Å²) in [6.45, 7) is 6.34. The number of anilines is 1. The normalized spacial score (nSPS) is 19.3. The van der Waals surface area contributed by atoms with Crippen LogP contribution in [-0.2, 0) is 4.79 Å². The Balaban J connectivity index is 0.00000272. The molecule has 0 aliphatic carbocycles. The van der Waals surface area contributed by atoms with Gasteiger partial charge in [0.2, 0.25) is 11.7 Å². The van der Waals surface area contributed by atoms with E-state index in [1.54, 1.807) is 36.4 Å². The molecule has 0 spiro atoms. The van der Waals surface area contributed by atoms with Crippen LogP contribution in [0.5, 0.6) is 0 Å². The molecule has 30 heavy (non-hydrogen) atoms. The quantitative estimate of drug-likeness (QED) is 0.499. The summed E-state index contributed by atoms with van der Waals surface area (Å²) in [7, 11) is 0. The van der Waals surface area contributed by atoms with Crippen molar-refractivity contribution >= 4 is 40.0 Å². The first-order valence-corrected chi connectivity index (χ1v) is 9.96. The summed E-state index contributed by atoms with van der Waals surface area (Å²) in [4.78, 5) is 38.9. The van der Waals surface area contributed by atoms with Gasteiger partial charge in [0.1, 0.15) is 5.65 Å². The van der Waals surface area contributed by atoms with Gasteiger partial charge in [0.25, 0.3) is 0 Å². The molecule has 1 saturated heterocycles. The van der Waals surface area contributed by atoms with Gasteiger partial charge < -0.3 is 14.8 Å². The van der Waals surface area contributed by atoms with Gasteiger partial charge in [-0.2, -0.15) is 0 Å². The number of rotatable bonds is 3. The molecule has 4 rings (SSSR count). The molecule has 158 valence electrons. The minimum atomic E-state index is -0.424. The molecule has 3 aromatic rings. The smallest absolute Gasteiger partial charge is 0.311 e. The molecule has 0 aromatic carbocycles. The van der Waals surface area contributed by atoms with Gasteiger partial charge in [-0.15, -0.1) is 0 Å². The number of piperazine rings is 1. The van der Waals surface area contributed by atoms with Gasteiger partial charge in [-0.05, 0) is 26.0 Å². The number of hydrogen-bond acceptors (Lipinski definition) is 6. The molecule has 1 aliphatic heterocycles. The van der Waals surface area contributed by atoms with Crippen molar-refractivity contribution < 1.29 is 11.1 Å². The van der Waals surface area contributed by atoms with Crippen molar-refractivity contribution in [3.63, 3.8) is 0 Å². The van der Waals surface area contributed by atoms with Crippen molar-refractivity contribution in [2.45, 2.75) is 32.9 Å². The van der Waals surface area contributed by atoms with E-state index in [1.807, 2.05) is 18.7 Å². The van der Waals surface area contributed by atoms with E-state index in [-0.39, 0.29) is 25.1 Å². The predicted octanol–water partition coefficient (Wildman–Crippen LogP) is 3.88. The highest BCUT2D eigenvalue weighted by Gasteiger charge is 2.34. The summed E-state index contributed by atoms with van der Waals surface area (Å²) >= 11 is 6.10. The van der Waals surface area contributed by atoms with Crippen molar-refractivity contribution in [3.05, 3.63) is 45.7 Å². The Kier molecular flexibility index (Phi) is 5.07. The topological polar surface area (TPSA) is 108 Å². The SMILES string of the molecule is CC(=O)N1[C@H](C)CN(c2nc(-c3c[nH]c4ncc(Cl)cc34)ccc2[N+](=O)[O-])C[C@@H]1C.[HH]. The highest BCUT2D eigenvalue weighted by atomic mass is 35.5. The third kappa shape index (κ3) is 3.45. The van der Waals surface area contributed by atoms with E-state index < -0.39 is 4.92 Å². The van der Waals surface area contributed by atoms with Gasteiger partial charge in [-0.1, -0.05) is 11.6 Å². The number of fused-ring (bicyclic) bond motifs is 1. The van der Waals surface area contributed by atoms with Crippen LogP contribution in [0.3, 0.4) is 0 Å². The Morgan fingerprint density at radius 2 is 2.03 bits per heavy atom. The van der Waals surface area contributed by atoms with Crippen LogP contribution in [0.15, 0.2) is 30.6 Å². The fourth-order valence-corrected chi connectivity index (χ4v) is 4.43. The number of nitro groups is 1. The Morgan fingerprint density at radius 3 is 2.67 bits per heavy atom. The van der Waals surface area contributed by atoms with Crippen molar-refractivity contribution in [1.29, 1.82) is 0 Å². The molecule has 3 aromatic heterocycles. The molecule has 1 aliphatic rings.